The molecule has 4 amide bonds. The van der Waals surface area contributed by atoms with Gasteiger partial charge >= 0.3 is 0 Å². The molecule has 0 unspecified atom stereocenters. The van der Waals surface area contributed by atoms with Crippen LogP contribution >= 0.6 is 38.9 Å². The van der Waals surface area contributed by atoms with Crippen LogP contribution in [0, 0.1) is 41.9 Å². The predicted octanol–water partition coefficient (Wildman–Crippen LogP) is 8.52. The Hall–Kier alpha value is -5.04. The van der Waals surface area contributed by atoms with Gasteiger partial charge in [-0.1, -0.05) is 39.2 Å². The summed E-state index contributed by atoms with van der Waals surface area (Å²) in [5, 5.41) is 16.9. The average molecular weight is 850 g/mol. The number of thiophene rings is 1. The summed E-state index contributed by atoms with van der Waals surface area (Å²) in [6.45, 7) is 3.87. The van der Waals surface area contributed by atoms with Crippen LogP contribution in [-0.4, -0.2) is 38.5 Å². The quantitative estimate of drug-likeness (QED) is 0.142. The number of fused-ring (bicyclic) bond motifs is 6. The number of aromatic hydroxyl groups is 1. The molecule has 282 valence electrons. The number of halogens is 2. The number of aromatic nitrogens is 2. The second kappa shape index (κ2) is 12.5. The van der Waals surface area contributed by atoms with Crippen molar-refractivity contribution >= 4 is 84.1 Å². The molecule has 1 N–H and O–H groups in total. The maximum atomic E-state index is 15.2. The third kappa shape index (κ3) is 4.94. The number of hydrogen-bond acceptors (Lipinski definition) is 8. The number of hydrogen-bond donors (Lipinski definition) is 1. The van der Waals surface area contributed by atoms with Gasteiger partial charge in [-0.3, -0.25) is 28.8 Å². The molecule has 3 fully saturated rings. The van der Waals surface area contributed by atoms with Crippen LogP contribution in [0.25, 0.3) is 20.7 Å². The monoisotopic (exact) mass is 848 g/mol. The molecule has 5 aromatic rings. The lowest BCUT2D eigenvalue weighted by Crippen LogP contribution is -2.51. The normalized spacial score (nSPS) is 26.8. The molecule has 0 radical (unpaired) electrons. The Kier molecular flexibility index (Phi) is 7.88. The van der Waals surface area contributed by atoms with Gasteiger partial charge in [0, 0.05) is 45.2 Å². The zero-order valence-corrected chi connectivity index (χ0v) is 33.6. The van der Waals surface area contributed by atoms with E-state index in [-0.39, 0.29) is 35.8 Å². The van der Waals surface area contributed by atoms with Gasteiger partial charge in [0.25, 0.3) is 0 Å². The van der Waals surface area contributed by atoms with Gasteiger partial charge in [0.2, 0.25) is 23.6 Å². The first-order valence-corrected chi connectivity index (χ1v) is 20.5. The van der Waals surface area contributed by atoms with Crippen molar-refractivity contribution in [1.29, 1.82) is 0 Å². The van der Waals surface area contributed by atoms with Crippen LogP contribution in [0.3, 0.4) is 0 Å². The summed E-state index contributed by atoms with van der Waals surface area (Å²) >= 11 is 11.3. The highest BCUT2D eigenvalue weighted by Gasteiger charge is 2.68. The minimum atomic E-state index is -1.26. The van der Waals surface area contributed by atoms with E-state index in [4.69, 9.17) is 21.4 Å². The molecular formula is C43H34BrClN4O6S. The highest BCUT2D eigenvalue weighted by molar-refractivity contribution is 9.10. The summed E-state index contributed by atoms with van der Waals surface area (Å²) in [4.78, 5) is 62.2. The number of imide groups is 2. The van der Waals surface area contributed by atoms with E-state index in [1.54, 1.807) is 77.9 Å². The van der Waals surface area contributed by atoms with E-state index in [0.29, 0.717) is 40.8 Å². The zero-order chi connectivity index (χ0) is 38.9. The highest BCUT2D eigenvalue weighted by atomic mass is 79.9. The van der Waals surface area contributed by atoms with E-state index in [0.717, 1.165) is 41.7 Å². The molecule has 10 rings (SSSR count). The van der Waals surface area contributed by atoms with Crippen LogP contribution < -0.4 is 14.5 Å². The topological polar surface area (TPSA) is 122 Å². The second-order valence-corrected chi connectivity index (χ2v) is 18.0. The molecule has 5 aliphatic rings. The molecule has 2 saturated heterocycles. The molecule has 2 aliphatic carbocycles. The van der Waals surface area contributed by atoms with Crippen molar-refractivity contribution < 1.29 is 29.0 Å². The number of anilines is 2. The summed E-state index contributed by atoms with van der Waals surface area (Å²) in [6.07, 6.45) is 4.61. The van der Waals surface area contributed by atoms with E-state index < -0.39 is 35.0 Å². The van der Waals surface area contributed by atoms with Gasteiger partial charge in [-0.15, -0.1) is 11.3 Å². The fraction of sp³-hybridized carbons (Fsp3) is 0.279. The highest BCUT2D eigenvalue weighted by Crippen LogP contribution is 2.63. The number of ether oxygens (including phenoxy) is 1. The Balaban J connectivity index is 1.08. The lowest BCUT2D eigenvalue weighted by molar-refractivity contribution is -0.132. The van der Waals surface area contributed by atoms with Gasteiger partial charge in [0.05, 0.1) is 40.0 Å². The predicted molar refractivity (Wildman–Crippen MR) is 216 cm³/mol. The maximum Gasteiger partial charge on any atom is 0.242 e. The second-order valence-electron chi connectivity index (χ2n) is 15.6. The van der Waals surface area contributed by atoms with Crippen LogP contribution in [-0.2, 0) is 32.6 Å². The van der Waals surface area contributed by atoms with Crippen molar-refractivity contribution in [3.63, 3.8) is 0 Å². The molecule has 13 heteroatoms. The van der Waals surface area contributed by atoms with Crippen molar-refractivity contribution in [3.8, 4) is 22.1 Å². The fourth-order valence-corrected chi connectivity index (χ4v) is 11.7. The summed E-state index contributed by atoms with van der Waals surface area (Å²) in [5.41, 5.74) is 3.26. The Labute approximate surface area is 339 Å². The summed E-state index contributed by atoms with van der Waals surface area (Å²) in [5.74, 6) is -3.47. The van der Waals surface area contributed by atoms with Crippen LogP contribution in [0.2, 0.25) is 5.02 Å². The van der Waals surface area contributed by atoms with E-state index in [1.165, 1.54) is 9.80 Å². The smallest absolute Gasteiger partial charge is 0.242 e. The van der Waals surface area contributed by atoms with E-state index in [9.17, 15) is 19.5 Å². The van der Waals surface area contributed by atoms with E-state index in [2.05, 4.69) is 15.9 Å². The molecule has 56 heavy (non-hydrogen) atoms. The van der Waals surface area contributed by atoms with Crippen molar-refractivity contribution in [2.24, 2.45) is 42.1 Å². The number of carbonyl (C=O) groups is 4. The largest absolute Gasteiger partial charge is 0.508 e. The van der Waals surface area contributed by atoms with Crippen LogP contribution in [0.15, 0.2) is 94.7 Å². The molecule has 6 atom stereocenters. The standard InChI is InChI=1S/C43H34BrClN4O6S/c1-20-29-16-24(45)6-13-34(29)56-38(20)32-18-35(47(3)46-32)49-40(52)31-17-30-27(10-11-28-36(30)41(53)48(39(28)51)25-7-4-23(44)5-8-25)37(43(31,2)42(49)54)22-14-21-15-26(50)9-12-33(21)55-19-22/h4-10,12-13,15-16,18-19,28,30-31,36-37,50H,11,14,17H2,1-3H3/t28-,30+,31-,36-,37-,43+/m0/s1. The number of rotatable bonds is 4. The van der Waals surface area contributed by atoms with Crippen LogP contribution in [0.4, 0.5) is 11.5 Å². The van der Waals surface area contributed by atoms with Crippen molar-refractivity contribution in [2.75, 3.05) is 9.80 Å². The third-order valence-corrected chi connectivity index (χ3v) is 14.8. The Morgan fingerprint density at radius 3 is 2.54 bits per heavy atom. The van der Waals surface area contributed by atoms with E-state index >= 15 is 4.79 Å². The van der Waals surface area contributed by atoms with Crippen LogP contribution in [0.1, 0.15) is 30.9 Å². The molecule has 0 bridgehead atoms. The number of carbonyl (C=O) groups excluding carboxylic acids is 4. The minimum Gasteiger partial charge on any atom is -0.508 e. The molecule has 3 aliphatic heterocycles. The maximum absolute atomic E-state index is 15.2. The zero-order valence-electron chi connectivity index (χ0n) is 30.5. The lowest BCUT2D eigenvalue weighted by Gasteiger charge is -2.49. The number of benzene rings is 3. The summed E-state index contributed by atoms with van der Waals surface area (Å²) in [7, 11) is 1.73. The minimum absolute atomic E-state index is 0.0873. The number of phenols is 1. The van der Waals surface area contributed by atoms with Gasteiger partial charge in [0.1, 0.15) is 23.0 Å². The molecule has 2 aromatic heterocycles. The van der Waals surface area contributed by atoms with E-state index in [1.807, 2.05) is 38.1 Å². The fourth-order valence-electron chi connectivity index (χ4n) is 10.1. The van der Waals surface area contributed by atoms with Crippen LogP contribution in [0.5, 0.6) is 11.5 Å². The molecule has 0 spiro atoms. The lowest BCUT2D eigenvalue weighted by atomic mass is 9.51. The molecule has 1 saturated carbocycles. The van der Waals surface area contributed by atoms with Gasteiger partial charge < -0.3 is 9.84 Å². The first-order valence-electron chi connectivity index (χ1n) is 18.5. The van der Waals surface area contributed by atoms with Crippen molar-refractivity contribution in [2.45, 2.75) is 33.1 Å². The Morgan fingerprint density at radius 1 is 0.964 bits per heavy atom. The number of aryl methyl sites for hydroxylation is 2. The van der Waals surface area contributed by atoms with Gasteiger partial charge in [-0.2, -0.15) is 5.10 Å². The molecule has 10 nitrogen and oxygen atoms in total. The molecular weight excluding hydrogens is 816 g/mol. The number of allylic oxidation sites excluding steroid dienone is 3. The first-order chi connectivity index (χ1) is 26.8. The third-order valence-electron chi connectivity index (χ3n) is 12.7. The number of nitrogens with zero attached hydrogens (tertiary/aromatic N) is 4. The Morgan fingerprint density at radius 2 is 1.75 bits per heavy atom. The number of amides is 4. The summed E-state index contributed by atoms with van der Waals surface area (Å²) < 4.78 is 9.61. The van der Waals surface area contributed by atoms with Gasteiger partial charge in [0.15, 0.2) is 0 Å². The first kappa shape index (κ1) is 35.4. The summed E-state index contributed by atoms with van der Waals surface area (Å²) in [6, 6.07) is 19.6. The molecule has 5 heterocycles. The SMILES string of the molecule is Cc1c(-c2cc(N3C(=O)[C@@H]4C[C@@H]5C(=CC[C@@H]6C(=O)N(c7ccc(Br)cc7)C(=O)[C@@H]65)[C@H](C5=COc6ccc(O)cc6C5)[C@]4(C)C3=O)n(C)n2)sc2ccc(Cl)cc12. The number of phenolic OH excluding ortho intramolecular Hbond substituents is 1. The van der Waals surface area contributed by atoms with Crippen molar-refractivity contribution in [1.82, 2.24) is 9.78 Å². The average Bonchev–Trinajstić information content (AvgIpc) is 3.85. The van der Waals surface area contributed by atoms with Gasteiger partial charge in [-0.25, -0.2) is 4.90 Å². The van der Waals surface area contributed by atoms with Crippen molar-refractivity contribution in [3.05, 3.63) is 111 Å². The molecule has 3 aromatic carbocycles. The van der Waals surface area contributed by atoms with Gasteiger partial charge in [-0.05, 0) is 110 Å². The Bertz CT molecular complexity index is 2670.